The van der Waals surface area contributed by atoms with Crippen LogP contribution in [0.2, 0.25) is 0 Å². The molecule has 0 aromatic heterocycles. The highest BCUT2D eigenvalue weighted by molar-refractivity contribution is 5.81. The van der Waals surface area contributed by atoms with Crippen molar-refractivity contribution in [1.29, 1.82) is 0 Å². The molecule has 0 aromatic rings. The van der Waals surface area contributed by atoms with Gasteiger partial charge in [0.2, 0.25) is 0 Å². The zero-order valence-electron chi connectivity index (χ0n) is 10.4. The molecule has 1 aliphatic rings. The Kier molecular flexibility index (Phi) is 6.01. The lowest BCUT2D eigenvalue weighted by atomic mass is 10.0. The molecule has 0 aromatic carbocycles. The van der Waals surface area contributed by atoms with Crippen LogP contribution in [0.4, 0.5) is 0 Å². The van der Waals surface area contributed by atoms with Gasteiger partial charge in [0.1, 0.15) is 19.3 Å². The van der Waals surface area contributed by atoms with Gasteiger partial charge in [0, 0.05) is 12.5 Å². The van der Waals surface area contributed by atoms with E-state index in [0.29, 0.717) is 6.61 Å². The molecule has 0 saturated carbocycles. The van der Waals surface area contributed by atoms with Crippen molar-refractivity contribution < 1.29 is 33.7 Å². The van der Waals surface area contributed by atoms with Crippen molar-refractivity contribution in [2.75, 3.05) is 19.8 Å². The van der Waals surface area contributed by atoms with Gasteiger partial charge in [-0.05, 0) is 6.42 Å². The smallest absolute Gasteiger partial charge is 0.330 e. The van der Waals surface area contributed by atoms with E-state index < -0.39 is 23.8 Å². The number of carboxylic acids is 1. The maximum absolute atomic E-state index is 11.7. The fraction of sp³-hybridized carbons (Fsp3) is 0.583. The normalized spacial score (nSPS) is 18.2. The summed E-state index contributed by atoms with van der Waals surface area (Å²) in [5, 5.41) is 8.60. The largest absolute Gasteiger partial charge is 0.481 e. The van der Waals surface area contributed by atoms with Crippen LogP contribution in [0.3, 0.4) is 0 Å². The third-order valence-electron chi connectivity index (χ3n) is 2.45. The number of aliphatic carboxylic acids is 1. The molecule has 106 valence electrons. The number of hydrogen-bond acceptors (Lipinski definition) is 6. The molecule has 0 aliphatic carbocycles. The molecular formula is C12H16O7. The van der Waals surface area contributed by atoms with Gasteiger partial charge in [0.15, 0.2) is 0 Å². The number of hydrogen-bond donors (Lipinski definition) is 1. The third kappa shape index (κ3) is 6.56. The number of carbonyl (C=O) groups is 3. The van der Waals surface area contributed by atoms with E-state index in [0.717, 1.165) is 6.08 Å². The van der Waals surface area contributed by atoms with Crippen molar-refractivity contribution in [1.82, 2.24) is 0 Å². The topological polar surface area (TPSA) is 102 Å². The molecule has 19 heavy (non-hydrogen) atoms. The van der Waals surface area contributed by atoms with Crippen molar-refractivity contribution in [2.45, 2.75) is 18.9 Å². The fourth-order valence-electron chi connectivity index (χ4n) is 1.27. The summed E-state index contributed by atoms with van der Waals surface area (Å²) in [6, 6.07) is 0. The molecule has 1 saturated heterocycles. The summed E-state index contributed by atoms with van der Waals surface area (Å²) in [7, 11) is 0. The number of esters is 2. The summed E-state index contributed by atoms with van der Waals surface area (Å²) in [6.07, 6.45) is 0.743. The Morgan fingerprint density at radius 1 is 1.42 bits per heavy atom. The number of ether oxygens (including phenoxy) is 3. The monoisotopic (exact) mass is 272 g/mol. The molecule has 2 atom stereocenters. The lowest BCUT2D eigenvalue weighted by Gasteiger charge is -2.14. The molecule has 1 heterocycles. The van der Waals surface area contributed by atoms with Gasteiger partial charge in [0.25, 0.3) is 0 Å². The predicted molar refractivity (Wildman–Crippen MR) is 62.2 cm³/mol. The highest BCUT2D eigenvalue weighted by Gasteiger charge is 2.28. The van der Waals surface area contributed by atoms with Gasteiger partial charge >= 0.3 is 17.9 Å². The summed E-state index contributed by atoms with van der Waals surface area (Å²) < 4.78 is 14.6. The lowest BCUT2D eigenvalue weighted by molar-refractivity contribution is -0.154. The predicted octanol–water partition coefficient (Wildman–Crippen LogP) is 0.139. The van der Waals surface area contributed by atoms with Crippen LogP contribution in [0.25, 0.3) is 0 Å². The Hall–Kier alpha value is -1.89. The first-order chi connectivity index (χ1) is 9.02. The molecule has 7 nitrogen and oxygen atoms in total. The Balaban J connectivity index is 2.40. The molecule has 0 radical (unpaired) electrons. The van der Waals surface area contributed by atoms with Crippen molar-refractivity contribution >= 4 is 17.9 Å². The van der Waals surface area contributed by atoms with E-state index in [1.54, 1.807) is 0 Å². The van der Waals surface area contributed by atoms with Gasteiger partial charge in [0.05, 0.1) is 12.5 Å². The third-order valence-corrected chi connectivity index (χ3v) is 2.45. The fourth-order valence-corrected chi connectivity index (χ4v) is 1.27. The van der Waals surface area contributed by atoms with E-state index in [-0.39, 0.29) is 32.2 Å². The molecule has 2 unspecified atom stereocenters. The van der Waals surface area contributed by atoms with Gasteiger partial charge in [-0.15, -0.1) is 0 Å². The minimum absolute atomic E-state index is 0.0457. The van der Waals surface area contributed by atoms with Gasteiger partial charge in [-0.2, -0.15) is 0 Å². The number of carboxylic acid groups (broad SMARTS) is 1. The molecule has 0 amide bonds. The molecule has 0 bridgehead atoms. The van der Waals surface area contributed by atoms with Crippen LogP contribution in [0.5, 0.6) is 0 Å². The SMILES string of the molecule is C=CC(=O)OCC(CCC(=O)O)C(=O)OCC1CO1. The van der Waals surface area contributed by atoms with E-state index in [1.807, 2.05) is 0 Å². The summed E-state index contributed by atoms with van der Waals surface area (Å²) in [6.45, 7) is 3.70. The van der Waals surface area contributed by atoms with E-state index in [2.05, 4.69) is 6.58 Å². The number of carbonyl (C=O) groups excluding carboxylic acids is 2. The second-order valence-electron chi connectivity index (χ2n) is 4.05. The Morgan fingerprint density at radius 3 is 2.63 bits per heavy atom. The quantitative estimate of drug-likeness (QED) is 0.362. The number of rotatable bonds is 9. The van der Waals surface area contributed by atoms with Gasteiger partial charge in [-0.25, -0.2) is 4.79 Å². The highest BCUT2D eigenvalue weighted by atomic mass is 16.6. The van der Waals surface area contributed by atoms with Crippen LogP contribution in [0, 0.1) is 5.92 Å². The van der Waals surface area contributed by atoms with E-state index in [1.165, 1.54) is 0 Å². The maximum Gasteiger partial charge on any atom is 0.330 e. The van der Waals surface area contributed by atoms with Crippen molar-refractivity contribution in [2.24, 2.45) is 5.92 Å². The lowest BCUT2D eigenvalue weighted by Crippen LogP contribution is -2.26. The first kappa shape index (κ1) is 15.2. The summed E-state index contributed by atoms with van der Waals surface area (Å²) in [5.41, 5.74) is 0. The van der Waals surface area contributed by atoms with Crippen molar-refractivity contribution in [3.8, 4) is 0 Å². The summed E-state index contributed by atoms with van der Waals surface area (Å²) in [5.74, 6) is -3.08. The molecule has 1 rings (SSSR count). The Bertz CT molecular complexity index is 359. The van der Waals surface area contributed by atoms with Crippen LogP contribution < -0.4 is 0 Å². The van der Waals surface area contributed by atoms with Crippen LogP contribution in [-0.2, 0) is 28.6 Å². The second-order valence-corrected chi connectivity index (χ2v) is 4.05. The minimum atomic E-state index is -1.03. The van der Waals surface area contributed by atoms with Crippen LogP contribution >= 0.6 is 0 Å². The first-order valence-corrected chi connectivity index (χ1v) is 5.82. The van der Waals surface area contributed by atoms with E-state index >= 15 is 0 Å². The van der Waals surface area contributed by atoms with E-state index in [4.69, 9.17) is 19.3 Å². The van der Waals surface area contributed by atoms with Crippen LogP contribution in [0.1, 0.15) is 12.8 Å². The van der Waals surface area contributed by atoms with Gasteiger partial charge in [-0.1, -0.05) is 6.58 Å². The van der Waals surface area contributed by atoms with Crippen molar-refractivity contribution in [3.63, 3.8) is 0 Å². The molecule has 0 spiro atoms. The minimum Gasteiger partial charge on any atom is -0.481 e. The molecular weight excluding hydrogens is 256 g/mol. The van der Waals surface area contributed by atoms with E-state index in [9.17, 15) is 14.4 Å². The summed E-state index contributed by atoms with van der Waals surface area (Å²) >= 11 is 0. The molecule has 1 N–H and O–H groups in total. The maximum atomic E-state index is 11.7. The summed E-state index contributed by atoms with van der Waals surface area (Å²) in [4.78, 5) is 33.1. The van der Waals surface area contributed by atoms with Crippen LogP contribution in [0.15, 0.2) is 12.7 Å². The standard InChI is InChI=1S/C12H16O7/c1-2-11(15)18-5-8(3-4-10(13)14)12(16)19-7-9-6-17-9/h2,8-9H,1,3-7H2,(H,13,14). The Morgan fingerprint density at radius 2 is 2.11 bits per heavy atom. The van der Waals surface area contributed by atoms with Gasteiger partial charge in [-0.3, -0.25) is 9.59 Å². The average Bonchev–Trinajstić information content (AvgIpc) is 3.19. The highest BCUT2D eigenvalue weighted by Crippen LogP contribution is 2.14. The molecule has 1 fully saturated rings. The zero-order chi connectivity index (χ0) is 14.3. The van der Waals surface area contributed by atoms with Crippen molar-refractivity contribution in [3.05, 3.63) is 12.7 Å². The molecule has 1 aliphatic heterocycles. The average molecular weight is 272 g/mol. The first-order valence-electron chi connectivity index (χ1n) is 5.82. The molecule has 7 heteroatoms. The van der Waals surface area contributed by atoms with Gasteiger partial charge < -0.3 is 19.3 Å². The Labute approximate surface area is 110 Å². The van der Waals surface area contributed by atoms with Crippen LogP contribution in [-0.4, -0.2) is 48.9 Å². The second kappa shape index (κ2) is 7.52. The zero-order valence-corrected chi connectivity index (χ0v) is 10.4. The number of epoxide rings is 1.